The number of rotatable bonds is 5. The molecule has 2 rings (SSSR count). The van der Waals surface area contributed by atoms with Crippen LogP contribution >= 0.6 is 11.6 Å². The molecule has 2 aromatic rings. The Hall–Kier alpha value is -2.11. The zero-order valence-corrected chi connectivity index (χ0v) is 17.7. The first-order valence-electron chi connectivity index (χ1n) is 8.28. The van der Waals surface area contributed by atoms with Crippen molar-refractivity contribution in [1.29, 1.82) is 0 Å². The van der Waals surface area contributed by atoms with Crippen molar-refractivity contribution >= 4 is 38.5 Å². The lowest BCUT2D eigenvalue weighted by Gasteiger charge is -2.28. The summed E-state index contributed by atoms with van der Waals surface area (Å²) in [5, 5.41) is 8.86. The van der Waals surface area contributed by atoms with Crippen LogP contribution < -0.4 is 4.18 Å². The maximum atomic E-state index is 14.1. The molecule has 0 aromatic heterocycles. The number of ether oxygens (including phenoxy) is 1. The van der Waals surface area contributed by atoms with E-state index >= 15 is 0 Å². The lowest BCUT2D eigenvalue weighted by atomic mass is 9.95. The smallest absolute Gasteiger partial charge is 0.479 e. The molecule has 2 aromatic carbocycles. The molecular weight excluding hydrogens is 456 g/mol. The van der Waals surface area contributed by atoms with E-state index in [2.05, 4.69) is 4.18 Å². The molecule has 0 aliphatic heterocycles. The summed E-state index contributed by atoms with van der Waals surface area (Å²) in [6.45, 7) is 5.80. The number of hydrogen-bond donors (Lipinski definition) is 1. The van der Waals surface area contributed by atoms with Crippen LogP contribution in [0.25, 0.3) is 10.8 Å². The topological polar surface area (TPSA) is 89.9 Å². The molecule has 1 N–H and O–H groups in total. The van der Waals surface area contributed by atoms with Gasteiger partial charge in [0.25, 0.3) is 0 Å². The van der Waals surface area contributed by atoms with Gasteiger partial charge in [-0.05, 0) is 50.8 Å². The molecule has 0 saturated carbocycles. The number of aryl methyl sites for hydroxylation is 1. The van der Waals surface area contributed by atoms with Gasteiger partial charge in [0.2, 0.25) is 0 Å². The number of hydrogen-bond acceptors (Lipinski definition) is 5. The van der Waals surface area contributed by atoms with Crippen LogP contribution in [0.5, 0.6) is 5.75 Å². The van der Waals surface area contributed by atoms with Crippen LogP contribution in [0.1, 0.15) is 38.0 Å². The van der Waals surface area contributed by atoms with E-state index in [1.54, 1.807) is 0 Å². The van der Waals surface area contributed by atoms with Crippen LogP contribution in [0, 0.1) is 12.7 Å². The minimum atomic E-state index is -6.21. The molecule has 1 unspecified atom stereocenters. The third-order valence-electron chi connectivity index (χ3n) is 3.81. The zero-order valence-electron chi connectivity index (χ0n) is 16.1. The molecule has 0 bridgehead atoms. The van der Waals surface area contributed by atoms with Gasteiger partial charge in [-0.15, -0.1) is 0 Å². The highest BCUT2D eigenvalue weighted by Crippen LogP contribution is 2.43. The predicted molar refractivity (Wildman–Crippen MR) is 100 cm³/mol. The largest absolute Gasteiger partial charge is 0.534 e. The number of carboxylic acid groups (broad SMARTS) is 1. The van der Waals surface area contributed by atoms with Gasteiger partial charge < -0.3 is 14.0 Å². The molecule has 1 atom stereocenters. The summed E-state index contributed by atoms with van der Waals surface area (Å²) in [4.78, 5) is 11.9. The Bertz CT molecular complexity index is 1110. The molecule has 0 fully saturated rings. The number of fused-ring (bicyclic) bond motifs is 1. The van der Waals surface area contributed by atoms with Gasteiger partial charge in [0, 0.05) is 10.9 Å². The van der Waals surface area contributed by atoms with E-state index in [-0.39, 0.29) is 16.0 Å². The van der Waals surface area contributed by atoms with Gasteiger partial charge in [0.1, 0.15) is 5.82 Å². The van der Waals surface area contributed by atoms with E-state index in [9.17, 15) is 35.9 Å². The molecule has 0 heterocycles. The second kappa shape index (κ2) is 7.86. The summed E-state index contributed by atoms with van der Waals surface area (Å²) < 4.78 is 86.1. The Balaban J connectivity index is 2.95. The zero-order chi connectivity index (χ0) is 23.2. The van der Waals surface area contributed by atoms with Gasteiger partial charge in [-0.3, -0.25) is 0 Å². The molecular formula is C18H17ClF4O6S. The van der Waals surface area contributed by atoms with Crippen LogP contribution in [0.15, 0.2) is 18.2 Å². The molecule has 0 aliphatic carbocycles. The van der Waals surface area contributed by atoms with Gasteiger partial charge in [0.15, 0.2) is 11.9 Å². The Morgan fingerprint density at radius 3 is 2.20 bits per heavy atom. The Morgan fingerprint density at radius 2 is 1.73 bits per heavy atom. The van der Waals surface area contributed by atoms with Crippen molar-refractivity contribution in [3.63, 3.8) is 0 Å². The highest BCUT2D eigenvalue weighted by molar-refractivity contribution is 7.88. The van der Waals surface area contributed by atoms with Gasteiger partial charge in [-0.1, -0.05) is 17.7 Å². The first-order chi connectivity index (χ1) is 13.4. The number of halogens is 5. The second-order valence-corrected chi connectivity index (χ2v) is 9.30. The Morgan fingerprint density at radius 1 is 1.17 bits per heavy atom. The fourth-order valence-corrected chi connectivity index (χ4v) is 3.34. The monoisotopic (exact) mass is 472 g/mol. The van der Waals surface area contributed by atoms with Crippen LogP contribution in [0.3, 0.4) is 0 Å². The highest BCUT2D eigenvalue weighted by atomic mass is 35.5. The minimum Gasteiger partial charge on any atom is -0.479 e. The summed E-state index contributed by atoms with van der Waals surface area (Å²) in [7, 11) is -6.21. The van der Waals surface area contributed by atoms with E-state index in [1.807, 2.05) is 0 Å². The number of alkyl halides is 3. The van der Waals surface area contributed by atoms with Crippen molar-refractivity contribution < 1.29 is 44.8 Å². The highest BCUT2D eigenvalue weighted by Gasteiger charge is 2.49. The minimum absolute atomic E-state index is 0.0363. The van der Waals surface area contributed by atoms with E-state index in [0.29, 0.717) is 6.07 Å². The summed E-state index contributed by atoms with van der Waals surface area (Å²) >= 11 is 5.71. The lowest BCUT2D eigenvalue weighted by molar-refractivity contribution is -0.160. The fraction of sp³-hybridized carbons (Fsp3) is 0.389. The Labute approximate surface area is 174 Å². The van der Waals surface area contributed by atoms with Crippen molar-refractivity contribution in [2.45, 2.75) is 44.9 Å². The van der Waals surface area contributed by atoms with Crippen molar-refractivity contribution in [3.05, 3.63) is 40.2 Å². The van der Waals surface area contributed by atoms with Crippen molar-refractivity contribution in [1.82, 2.24) is 0 Å². The first kappa shape index (κ1) is 24.2. The molecule has 0 aliphatic rings. The van der Waals surface area contributed by atoms with E-state index < -0.39 is 55.8 Å². The molecule has 0 radical (unpaired) electrons. The molecule has 0 spiro atoms. The molecule has 30 heavy (non-hydrogen) atoms. The maximum Gasteiger partial charge on any atom is 0.534 e. The second-order valence-electron chi connectivity index (χ2n) is 7.36. The molecule has 166 valence electrons. The quantitative estimate of drug-likeness (QED) is 0.369. The normalized spacial score (nSPS) is 14.0. The molecule has 0 amide bonds. The number of benzene rings is 2. The first-order valence-corrected chi connectivity index (χ1v) is 10.1. The third-order valence-corrected chi connectivity index (χ3v) is 5.06. The van der Waals surface area contributed by atoms with Crippen LogP contribution in [-0.4, -0.2) is 30.6 Å². The van der Waals surface area contributed by atoms with Crippen LogP contribution in [-0.2, 0) is 19.6 Å². The SMILES string of the molecule is Cc1cc2cc(Cl)c(F)cc2c(OS(=O)(=O)C(F)(F)F)c1C(OC(C)(C)C)C(=O)O. The summed E-state index contributed by atoms with van der Waals surface area (Å²) in [6.07, 6.45) is -1.91. The lowest BCUT2D eigenvalue weighted by Crippen LogP contribution is -2.31. The maximum absolute atomic E-state index is 14.1. The molecule has 12 heteroatoms. The van der Waals surface area contributed by atoms with Crippen molar-refractivity contribution in [2.75, 3.05) is 0 Å². The number of aliphatic carboxylic acids is 1. The van der Waals surface area contributed by atoms with Gasteiger partial charge >= 0.3 is 21.6 Å². The summed E-state index contributed by atoms with van der Waals surface area (Å²) in [5.41, 5.74) is -7.36. The van der Waals surface area contributed by atoms with Crippen LogP contribution in [0.4, 0.5) is 17.6 Å². The van der Waals surface area contributed by atoms with Gasteiger partial charge in [-0.25, -0.2) is 9.18 Å². The van der Waals surface area contributed by atoms with Gasteiger partial charge in [-0.2, -0.15) is 21.6 Å². The van der Waals surface area contributed by atoms with Crippen molar-refractivity contribution in [2.24, 2.45) is 0 Å². The number of carboxylic acids is 1. The molecule has 6 nitrogen and oxygen atoms in total. The predicted octanol–water partition coefficient (Wildman–Crippen LogP) is 5.11. The third kappa shape index (κ3) is 4.96. The average molecular weight is 473 g/mol. The number of carbonyl (C=O) groups is 1. The summed E-state index contributed by atoms with van der Waals surface area (Å²) in [5.74, 6) is -3.69. The molecule has 0 saturated heterocycles. The van der Waals surface area contributed by atoms with E-state index in [1.165, 1.54) is 33.8 Å². The Kier molecular flexibility index (Phi) is 6.33. The van der Waals surface area contributed by atoms with E-state index in [4.69, 9.17) is 16.3 Å². The van der Waals surface area contributed by atoms with Crippen LogP contribution in [0.2, 0.25) is 5.02 Å². The van der Waals surface area contributed by atoms with E-state index in [0.717, 1.165) is 6.07 Å². The fourth-order valence-electron chi connectivity index (χ4n) is 2.67. The summed E-state index contributed by atoms with van der Waals surface area (Å²) in [6, 6.07) is 3.03. The standard InChI is InChI=1S/C18H17ClF4O6S/c1-8-5-9-6-11(19)12(20)7-10(9)14(29-30(26,27)18(21,22)23)13(8)15(16(24)25)28-17(2,3)4/h5-7,15H,1-4H3,(H,24,25). The average Bonchev–Trinajstić information content (AvgIpc) is 2.53. The van der Waals surface area contributed by atoms with Crippen molar-refractivity contribution in [3.8, 4) is 5.75 Å². The van der Waals surface area contributed by atoms with Gasteiger partial charge in [0.05, 0.1) is 10.6 Å².